The van der Waals surface area contributed by atoms with Crippen molar-refractivity contribution >= 4 is 5.82 Å². The monoisotopic (exact) mass is 225 g/mol. The summed E-state index contributed by atoms with van der Waals surface area (Å²) in [5.41, 5.74) is 0. The van der Waals surface area contributed by atoms with Crippen LogP contribution >= 0.6 is 0 Å². The Morgan fingerprint density at radius 3 is 2.94 bits per heavy atom. The zero-order valence-corrected chi connectivity index (χ0v) is 9.16. The highest BCUT2D eigenvalue weighted by Crippen LogP contribution is 2.03. The Labute approximate surface area is 94.4 Å². The fourth-order valence-corrected chi connectivity index (χ4v) is 1.67. The molecule has 5 heteroatoms. The normalized spacial score (nSPS) is 17.3. The second-order valence-electron chi connectivity index (χ2n) is 3.73. The van der Waals surface area contributed by atoms with E-state index >= 15 is 0 Å². The standard InChI is InChI=1S/C11H16FN3O/c12-10-2-1-3-11(14-10)13-4-5-15-6-8-16-9-7-15/h1-3H,4-9H2,(H,13,14). The molecule has 1 aromatic heterocycles. The number of pyridine rings is 1. The average Bonchev–Trinajstić information content (AvgIpc) is 2.30. The lowest BCUT2D eigenvalue weighted by Crippen LogP contribution is -2.39. The highest BCUT2D eigenvalue weighted by Gasteiger charge is 2.09. The highest BCUT2D eigenvalue weighted by atomic mass is 19.1. The van der Waals surface area contributed by atoms with Crippen molar-refractivity contribution in [2.75, 3.05) is 44.7 Å². The molecule has 0 aliphatic carbocycles. The third-order valence-corrected chi connectivity index (χ3v) is 2.55. The van der Waals surface area contributed by atoms with Crippen LogP contribution < -0.4 is 5.32 Å². The highest BCUT2D eigenvalue weighted by molar-refractivity contribution is 5.33. The van der Waals surface area contributed by atoms with Crippen LogP contribution in [0.2, 0.25) is 0 Å². The van der Waals surface area contributed by atoms with Gasteiger partial charge in [0.1, 0.15) is 5.82 Å². The van der Waals surface area contributed by atoms with Gasteiger partial charge in [-0.15, -0.1) is 0 Å². The van der Waals surface area contributed by atoms with Gasteiger partial charge in [0.2, 0.25) is 5.95 Å². The largest absolute Gasteiger partial charge is 0.379 e. The topological polar surface area (TPSA) is 37.4 Å². The lowest BCUT2D eigenvalue weighted by atomic mass is 10.4. The molecule has 0 saturated carbocycles. The summed E-state index contributed by atoms with van der Waals surface area (Å²) in [6.45, 7) is 5.25. The maximum atomic E-state index is 12.8. The molecule has 0 aromatic carbocycles. The van der Waals surface area contributed by atoms with E-state index in [-0.39, 0.29) is 0 Å². The predicted octanol–water partition coefficient (Wildman–Crippen LogP) is 0.965. The predicted molar refractivity (Wildman–Crippen MR) is 59.9 cm³/mol. The van der Waals surface area contributed by atoms with Crippen molar-refractivity contribution in [1.82, 2.24) is 9.88 Å². The van der Waals surface area contributed by atoms with Gasteiger partial charge in [-0.05, 0) is 12.1 Å². The van der Waals surface area contributed by atoms with Crippen LogP contribution in [0, 0.1) is 5.95 Å². The van der Waals surface area contributed by atoms with E-state index in [4.69, 9.17) is 4.74 Å². The second-order valence-corrected chi connectivity index (χ2v) is 3.73. The van der Waals surface area contributed by atoms with E-state index in [1.54, 1.807) is 12.1 Å². The molecule has 0 unspecified atom stereocenters. The van der Waals surface area contributed by atoms with Gasteiger partial charge in [-0.3, -0.25) is 4.90 Å². The summed E-state index contributed by atoms with van der Waals surface area (Å²) >= 11 is 0. The van der Waals surface area contributed by atoms with E-state index in [0.717, 1.165) is 39.4 Å². The molecular formula is C11H16FN3O. The Balaban J connectivity index is 1.71. The number of aromatic nitrogens is 1. The summed E-state index contributed by atoms with van der Waals surface area (Å²) in [6, 6.07) is 4.76. The van der Waals surface area contributed by atoms with Crippen LogP contribution in [0.15, 0.2) is 18.2 Å². The number of ether oxygens (including phenoxy) is 1. The van der Waals surface area contributed by atoms with Crippen LogP contribution in [0.4, 0.5) is 10.2 Å². The molecule has 0 radical (unpaired) electrons. The Kier molecular flexibility index (Phi) is 4.07. The fraction of sp³-hybridized carbons (Fsp3) is 0.545. The van der Waals surface area contributed by atoms with E-state index in [2.05, 4.69) is 15.2 Å². The van der Waals surface area contributed by atoms with Gasteiger partial charge in [-0.1, -0.05) is 6.07 Å². The minimum absolute atomic E-state index is 0.448. The lowest BCUT2D eigenvalue weighted by molar-refractivity contribution is 0.0398. The van der Waals surface area contributed by atoms with Crippen LogP contribution in [-0.2, 0) is 4.74 Å². The van der Waals surface area contributed by atoms with Crippen LogP contribution in [0.1, 0.15) is 0 Å². The Morgan fingerprint density at radius 1 is 1.38 bits per heavy atom. The average molecular weight is 225 g/mol. The van der Waals surface area contributed by atoms with Gasteiger partial charge in [-0.2, -0.15) is 4.39 Å². The number of rotatable bonds is 4. The molecule has 4 nitrogen and oxygen atoms in total. The Hall–Kier alpha value is -1.20. The molecule has 0 bridgehead atoms. The minimum Gasteiger partial charge on any atom is -0.379 e. The molecule has 1 aliphatic rings. The van der Waals surface area contributed by atoms with Gasteiger partial charge in [0.25, 0.3) is 0 Å². The van der Waals surface area contributed by atoms with Crippen molar-refractivity contribution in [3.05, 3.63) is 24.1 Å². The molecule has 1 fully saturated rings. The van der Waals surface area contributed by atoms with Gasteiger partial charge < -0.3 is 10.1 Å². The third-order valence-electron chi connectivity index (χ3n) is 2.55. The third kappa shape index (κ3) is 3.43. The van der Waals surface area contributed by atoms with E-state index in [1.165, 1.54) is 6.07 Å². The summed E-state index contributed by atoms with van der Waals surface area (Å²) in [7, 11) is 0. The summed E-state index contributed by atoms with van der Waals surface area (Å²) in [5, 5.41) is 3.10. The number of nitrogens with one attached hydrogen (secondary N) is 1. The molecule has 16 heavy (non-hydrogen) atoms. The van der Waals surface area contributed by atoms with E-state index in [1.807, 2.05) is 0 Å². The van der Waals surface area contributed by atoms with Crippen molar-refractivity contribution in [2.24, 2.45) is 0 Å². The zero-order chi connectivity index (χ0) is 11.2. The number of hydrogen-bond acceptors (Lipinski definition) is 4. The van der Waals surface area contributed by atoms with Crippen LogP contribution in [-0.4, -0.2) is 49.3 Å². The first-order chi connectivity index (χ1) is 7.84. The maximum Gasteiger partial charge on any atom is 0.214 e. The van der Waals surface area contributed by atoms with Crippen molar-refractivity contribution in [3.8, 4) is 0 Å². The van der Waals surface area contributed by atoms with Crippen LogP contribution in [0.3, 0.4) is 0 Å². The number of morpholine rings is 1. The Bertz CT molecular complexity index is 329. The van der Waals surface area contributed by atoms with Gasteiger partial charge in [-0.25, -0.2) is 4.98 Å². The van der Waals surface area contributed by atoms with Crippen LogP contribution in [0.5, 0.6) is 0 Å². The Morgan fingerprint density at radius 2 is 2.19 bits per heavy atom. The lowest BCUT2D eigenvalue weighted by Gasteiger charge is -2.26. The van der Waals surface area contributed by atoms with Gasteiger partial charge in [0.05, 0.1) is 13.2 Å². The fourth-order valence-electron chi connectivity index (χ4n) is 1.67. The summed E-state index contributed by atoms with van der Waals surface area (Å²) in [5.74, 6) is 0.143. The summed E-state index contributed by atoms with van der Waals surface area (Å²) in [4.78, 5) is 6.05. The second kappa shape index (κ2) is 5.77. The van der Waals surface area contributed by atoms with Crippen molar-refractivity contribution < 1.29 is 9.13 Å². The summed E-state index contributed by atoms with van der Waals surface area (Å²) < 4.78 is 18.0. The maximum absolute atomic E-state index is 12.8. The van der Waals surface area contributed by atoms with Crippen LogP contribution in [0.25, 0.3) is 0 Å². The molecule has 0 amide bonds. The first-order valence-electron chi connectivity index (χ1n) is 5.51. The number of nitrogens with zero attached hydrogens (tertiary/aromatic N) is 2. The molecule has 0 atom stereocenters. The SMILES string of the molecule is Fc1cccc(NCCN2CCOCC2)n1. The van der Waals surface area contributed by atoms with Gasteiger partial charge in [0.15, 0.2) is 0 Å². The van der Waals surface area contributed by atoms with Crippen molar-refractivity contribution in [1.29, 1.82) is 0 Å². The van der Waals surface area contributed by atoms with Crippen molar-refractivity contribution in [2.45, 2.75) is 0 Å². The molecule has 0 spiro atoms. The van der Waals surface area contributed by atoms with E-state index in [0.29, 0.717) is 5.82 Å². The quantitative estimate of drug-likeness (QED) is 0.775. The zero-order valence-electron chi connectivity index (χ0n) is 9.16. The first kappa shape index (κ1) is 11.3. The molecular weight excluding hydrogens is 209 g/mol. The van der Waals surface area contributed by atoms with E-state index < -0.39 is 5.95 Å². The molecule has 1 aliphatic heterocycles. The van der Waals surface area contributed by atoms with Gasteiger partial charge >= 0.3 is 0 Å². The molecule has 1 aromatic rings. The smallest absolute Gasteiger partial charge is 0.214 e. The van der Waals surface area contributed by atoms with Gasteiger partial charge in [0, 0.05) is 26.2 Å². The number of anilines is 1. The molecule has 2 rings (SSSR count). The number of hydrogen-bond donors (Lipinski definition) is 1. The summed E-state index contributed by atoms with van der Waals surface area (Å²) in [6.07, 6.45) is 0. The van der Waals surface area contributed by atoms with E-state index in [9.17, 15) is 4.39 Å². The molecule has 1 N–H and O–H groups in total. The molecule has 88 valence electrons. The molecule has 2 heterocycles. The van der Waals surface area contributed by atoms with Crippen molar-refractivity contribution in [3.63, 3.8) is 0 Å². The first-order valence-corrected chi connectivity index (χ1v) is 5.51. The minimum atomic E-state index is -0.448. The molecule has 1 saturated heterocycles. The number of halogens is 1.